The fraction of sp³-hybridized carbons (Fsp3) is 1.00. The molecule has 12 heteroatoms. The van der Waals surface area contributed by atoms with Crippen molar-refractivity contribution < 1.29 is 48.3 Å². The van der Waals surface area contributed by atoms with Crippen molar-refractivity contribution in [1.82, 2.24) is 0 Å². The summed E-state index contributed by atoms with van der Waals surface area (Å²) in [4.78, 5) is 0. The third-order valence-electron chi connectivity index (χ3n) is 2.14. The third kappa shape index (κ3) is 3.08. The third-order valence-corrected chi connectivity index (χ3v) is 2.58. The first kappa shape index (κ1) is 20.0. The van der Waals surface area contributed by atoms with E-state index < -0.39 is 40.2 Å². The Hall–Kier alpha value is -0.0400. The standard InChI is InChI=1S/C8H6F11I/c1-3(20)2-4(9,10)5(11,12)6(13,14)7(15,16)8(17,18)19/h3H,2H2,1H3. The highest BCUT2D eigenvalue weighted by Crippen LogP contribution is 2.58. The van der Waals surface area contributed by atoms with Crippen LogP contribution in [0.1, 0.15) is 13.3 Å². The van der Waals surface area contributed by atoms with Crippen LogP contribution in [0.3, 0.4) is 0 Å². The molecule has 0 bridgehead atoms. The second-order valence-electron chi connectivity index (χ2n) is 3.91. The fourth-order valence-electron chi connectivity index (χ4n) is 1.09. The Morgan fingerprint density at radius 3 is 1.30 bits per heavy atom. The van der Waals surface area contributed by atoms with Crippen LogP contribution >= 0.6 is 22.6 Å². The molecule has 0 heterocycles. The summed E-state index contributed by atoms with van der Waals surface area (Å²) in [6.45, 7) is 0.866. The van der Waals surface area contributed by atoms with E-state index in [9.17, 15) is 48.3 Å². The lowest BCUT2D eigenvalue weighted by atomic mass is 9.95. The normalized spacial score (nSPS) is 17.2. The van der Waals surface area contributed by atoms with Crippen LogP contribution in [0, 0.1) is 0 Å². The molecule has 1 atom stereocenters. The number of rotatable bonds is 5. The minimum absolute atomic E-state index is 0.866. The zero-order chi connectivity index (χ0) is 16.8. The Morgan fingerprint density at radius 1 is 0.700 bits per heavy atom. The smallest absolute Gasteiger partial charge is 0.200 e. The van der Waals surface area contributed by atoms with Crippen molar-refractivity contribution in [2.45, 2.75) is 47.1 Å². The highest BCUT2D eigenvalue weighted by Gasteiger charge is 2.86. The molecule has 0 aliphatic rings. The van der Waals surface area contributed by atoms with E-state index in [0.29, 0.717) is 0 Å². The number of alkyl halides is 12. The van der Waals surface area contributed by atoms with Crippen LogP contribution in [-0.2, 0) is 0 Å². The lowest BCUT2D eigenvalue weighted by molar-refractivity contribution is -0.422. The van der Waals surface area contributed by atoms with E-state index in [4.69, 9.17) is 0 Å². The largest absolute Gasteiger partial charge is 0.460 e. The summed E-state index contributed by atoms with van der Waals surface area (Å²) < 4.78 is 136. The second kappa shape index (κ2) is 5.30. The molecule has 0 saturated heterocycles. The predicted molar refractivity (Wildman–Crippen MR) is 53.9 cm³/mol. The summed E-state index contributed by atoms with van der Waals surface area (Å²) in [6, 6.07) is 0. The SMILES string of the molecule is CC(I)CC(F)(F)C(F)(F)C(F)(F)C(F)(F)C(F)(F)F. The van der Waals surface area contributed by atoms with E-state index in [2.05, 4.69) is 0 Å². The number of hydrogen-bond donors (Lipinski definition) is 0. The zero-order valence-electron chi connectivity index (χ0n) is 9.32. The van der Waals surface area contributed by atoms with Gasteiger partial charge in [0.05, 0.1) is 0 Å². The van der Waals surface area contributed by atoms with Crippen LogP contribution in [-0.4, -0.2) is 33.8 Å². The fourth-order valence-corrected chi connectivity index (χ4v) is 1.64. The second-order valence-corrected chi connectivity index (χ2v) is 6.04. The summed E-state index contributed by atoms with van der Waals surface area (Å²) >= 11 is 1.10. The molecule has 20 heavy (non-hydrogen) atoms. The quantitative estimate of drug-likeness (QED) is 0.311. The van der Waals surface area contributed by atoms with Crippen molar-refractivity contribution in [3.8, 4) is 0 Å². The topological polar surface area (TPSA) is 0 Å². The minimum atomic E-state index is -7.30. The summed E-state index contributed by atoms with van der Waals surface area (Å²) in [5.41, 5.74) is 0. The first-order chi connectivity index (χ1) is 8.42. The van der Waals surface area contributed by atoms with Gasteiger partial charge in [-0.3, -0.25) is 0 Å². The maximum atomic E-state index is 12.9. The zero-order valence-corrected chi connectivity index (χ0v) is 11.5. The molecule has 0 N–H and O–H groups in total. The summed E-state index contributed by atoms with van der Waals surface area (Å²) in [5.74, 6) is -27.2. The molecule has 0 aliphatic heterocycles. The van der Waals surface area contributed by atoms with Crippen molar-refractivity contribution >= 4 is 22.6 Å². The molecule has 0 nitrogen and oxygen atoms in total. The van der Waals surface area contributed by atoms with Gasteiger partial charge >= 0.3 is 29.9 Å². The van der Waals surface area contributed by atoms with Crippen molar-refractivity contribution in [2.24, 2.45) is 0 Å². The van der Waals surface area contributed by atoms with Gasteiger partial charge in [0.15, 0.2) is 0 Å². The Labute approximate surface area is 118 Å². The number of halogens is 12. The summed E-state index contributed by atoms with van der Waals surface area (Å²) in [5, 5.41) is 0. The first-order valence-corrected chi connectivity index (χ1v) is 5.88. The van der Waals surface area contributed by atoms with E-state index in [0.717, 1.165) is 29.5 Å². The van der Waals surface area contributed by atoms with E-state index in [1.54, 1.807) is 0 Å². The molecular formula is C8H6F11I. The van der Waals surface area contributed by atoms with Gasteiger partial charge < -0.3 is 0 Å². The van der Waals surface area contributed by atoms with Gasteiger partial charge in [-0.15, -0.1) is 0 Å². The molecule has 0 saturated carbocycles. The molecule has 122 valence electrons. The van der Waals surface area contributed by atoms with Gasteiger partial charge in [-0.1, -0.05) is 29.5 Å². The van der Waals surface area contributed by atoms with Gasteiger partial charge in [-0.2, -0.15) is 48.3 Å². The Balaban J connectivity index is 5.80. The molecule has 0 amide bonds. The van der Waals surface area contributed by atoms with Crippen molar-refractivity contribution in [2.75, 3.05) is 0 Å². The maximum Gasteiger partial charge on any atom is 0.460 e. The highest BCUT2D eigenvalue weighted by molar-refractivity contribution is 14.1. The average molecular weight is 438 g/mol. The number of hydrogen-bond acceptors (Lipinski definition) is 0. The molecule has 0 aromatic heterocycles. The maximum absolute atomic E-state index is 12.9. The van der Waals surface area contributed by atoms with Crippen LogP contribution in [0.15, 0.2) is 0 Å². The Kier molecular flexibility index (Phi) is 5.29. The van der Waals surface area contributed by atoms with Crippen molar-refractivity contribution in [3.63, 3.8) is 0 Å². The molecule has 0 aliphatic carbocycles. The predicted octanol–water partition coefficient (Wildman–Crippen LogP) is 5.30. The first-order valence-electron chi connectivity index (χ1n) is 4.64. The molecule has 1 unspecified atom stereocenters. The average Bonchev–Trinajstić information content (AvgIpc) is 2.12. The van der Waals surface area contributed by atoms with Crippen LogP contribution < -0.4 is 0 Å². The van der Waals surface area contributed by atoms with Gasteiger partial charge in [0.2, 0.25) is 0 Å². The van der Waals surface area contributed by atoms with Crippen LogP contribution in [0.25, 0.3) is 0 Å². The van der Waals surface area contributed by atoms with Crippen LogP contribution in [0.5, 0.6) is 0 Å². The molecule has 0 aromatic rings. The van der Waals surface area contributed by atoms with Gasteiger partial charge in [-0.05, 0) is 0 Å². The lowest BCUT2D eigenvalue weighted by Gasteiger charge is -2.37. The summed E-state index contributed by atoms with van der Waals surface area (Å²) in [6.07, 6.45) is -9.10. The molecule has 0 spiro atoms. The molecule has 0 radical (unpaired) electrons. The Morgan fingerprint density at radius 2 is 1.05 bits per heavy atom. The van der Waals surface area contributed by atoms with Gasteiger partial charge in [-0.25, -0.2) is 0 Å². The summed E-state index contributed by atoms with van der Waals surface area (Å²) in [7, 11) is 0. The van der Waals surface area contributed by atoms with E-state index in [1.165, 1.54) is 0 Å². The highest BCUT2D eigenvalue weighted by atomic mass is 127. The Bertz CT molecular complexity index is 343. The van der Waals surface area contributed by atoms with Gasteiger partial charge in [0.25, 0.3) is 0 Å². The van der Waals surface area contributed by atoms with Gasteiger partial charge in [0.1, 0.15) is 0 Å². The van der Waals surface area contributed by atoms with E-state index in [1.807, 2.05) is 0 Å². The molecule has 0 fully saturated rings. The van der Waals surface area contributed by atoms with Crippen LogP contribution in [0.2, 0.25) is 0 Å². The lowest BCUT2D eigenvalue weighted by Crippen LogP contribution is -2.66. The van der Waals surface area contributed by atoms with E-state index in [-0.39, 0.29) is 0 Å². The monoisotopic (exact) mass is 438 g/mol. The van der Waals surface area contributed by atoms with Gasteiger partial charge in [0, 0.05) is 10.3 Å². The minimum Gasteiger partial charge on any atom is -0.200 e. The molecule has 0 rings (SSSR count). The van der Waals surface area contributed by atoms with Crippen molar-refractivity contribution in [1.29, 1.82) is 0 Å². The van der Waals surface area contributed by atoms with E-state index >= 15 is 0 Å². The molecule has 0 aromatic carbocycles. The van der Waals surface area contributed by atoms with Crippen molar-refractivity contribution in [3.05, 3.63) is 0 Å². The van der Waals surface area contributed by atoms with Crippen LogP contribution in [0.4, 0.5) is 48.3 Å². The molecular weight excluding hydrogens is 432 g/mol.